The molecule has 0 aromatic carbocycles. The van der Waals surface area contributed by atoms with Crippen molar-refractivity contribution in [3.8, 4) is 0 Å². The van der Waals surface area contributed by atoms with E-state index < -0.39 is 198 Å². The van der Waals surface area contributed by atoms with Crippen LogP contribution in [0.1, 0.15) is 190 Å². The molecule has 6 rings (SSSR count). The number of nitrogens with zero attached hydrogens (tertiary/aromatic N) is 4. The van der Waals surface area contributed by atoms with Crippen molar-refractivity contribution in [1.82, 2.24) is 14.7 Å². The monoisotopic (exact) mass is 1590 g/mol. The third kappa shape index (κ3) is 23.9. The second-order valence-electron chi connectivity index (χ2n) is 34.9. The number of cyclic esters (lactones) is 2. The van der Waals surface area contributed by atoms with Gasteiger partial charge in [0.15, 0.2) is 25.2 Å². The highest BCUT2D eigenvalue weighted by Gasteiger charge is 2.57. The number of esters is 2. The number of rotatable bonds is 20. The Morgan fingerprint density at radius 3 is 1.31 bits per heavy atom. The molecule has 0 spiro atoms. The number of hydrogen-bond donors (Lipinski definition) is 10. The predicted molar refractivity (Wildman–Crippen MR) is 407 cm³/mol. The summed E-state index contributed by atoms with van der Waals surface area (Å²) < 4.78 is 85.7. The largest absolute Gasteiger partial charge is 0.459 e. The Morgan fingerprint density at radius 2 is 0.927 bits per heavy atom. The van der Waals surface area contributed by atoms with Crippen LogP contribution in [0, 0.1) is 41.4 Å². The summed E-state index contributed by atoms with van der Waals surface area (Å²) in [5.41, 5.74) is -8.87. The zero-order chi connectivity index (χ0) is 83.6. The van der Waals surface area contributed by atoms with Crippen molar-refractivity contribution in [2.24, 2.45) is 46.6 Å². The Morgan fingerprint density at radius 1 is 0.527 bits per heavy atom. The lowest BCUT2D eigenvalue weighted by Gasteiger charge is -2.49. The third-order valence-corrected chi connectivity index (χ3v) is 24.8. The van der Waals surface area contributed by atoms with E-state index >= 15 is 0 Å². The lowest BCUT2D eigenvalue weighted by Crippen LogP contribution is -2.61. The normalized spacial score (nSPS) is 47.6. The van der Waals surface area contributed by atoms with E-state index in [4.69, 9.17) is 71.2 Å². The van der Waals surface area contributed by atoms with E-state index in [-0.39, 0.29) is 82.1 Å². The zero-order valence-corrected chi connectivity index (χ0v) is 71.5. The molecule has 0 amide bonds. The first-order valence-electron chi connectivity index (χ1n) is 39.9. The molecule has 6 saturated heterocycles. The van der Waals surface area contributed by atoms with E-state index in [0.717, 1.165) is 0 Å². The van der Waals surface area contributed by atoms with Crippen molar-refractivity contribution < 1.29 is 132 Å². The van der Waals surface area contributed by atoms with E-state index in [1.54, 1.807) is 97.1 Å². The summed E-state index contributed by atoms with van der Waals surface area (Å²) in [5, 5.41) is 122. The molecule has 0 aromatic rings. The fourth-order valence-corrected chi connectivity index (χ4v) is 17.7. The van der Waals surface area contributed by atoms with Crippen LogP contribution in [-0.2, 0) is 80.7 Å². The molecule has 0 saturated carbocycles. The second-order valence-corrected chi connectivity index (χ2v) is 34.9. The molecule has 6 aliphatic rings. The topological polar surface area (TPSA) is 397 Å². The fourth-order valence-electron chi connectivity index (χ4n) is 17.7. The van der Waals surface area contributed by atoms with Crippen LogP contribution < -0.4 is 0 Å². The molecule has 0 aromatic heterocycles. The highest BCUT2D eigenvalue weighted by molar-refractivity contribution is 5.89. The predicted octanol–water partition coefficient (Wildman–Crippen LogP) is 4.11. The maximum atomic E-state index is 14.3. The Balaban J connectivity index is 0.000000396. The molecule has 10 N–H and O–H groups in total. The summed E-state index contributed by atoms with van der Waals surface area (Å²) in [6.45, 7) is 35.3. The molecule has 0 aliphatic carbocycles. The minimum atomic E-state index is -1.97. The van der Waals surface area contributed by atoms with Crippen LogP contribution in [0.2, 0.25) is 0 Å². The van der Waals surface area contributed by atoms with Gasteiger partial charge in [-0.15, -0.1) is 0 Å². The Labute approximate surface area is 655 Å². The number of oxime groups is 1. The lowest BCUT2D eigenvalue weighted by molar-refractivity contribution is -0.318. The van der Waals surface area contributed by atoms with Crippen molar-refractivity contribution in [2.75, 3.05) is 83.1 Å². The molecule has 0 radical (unpaired) electrons. The minimum absolute atomic E-state index is 0.0307. The van der Waals surface area contributed by atoms with Gasteiger partial charge in [0.25, 0.3) is 0 Å². The summed E-state index contributed by atoms with van der Waals surface area (Å²) in [6, 6.07) is -1.14. The average Bonchev–Trinajstić information content (AvgIpc) is 0.846. The van der Waals surface area contributed by atoms with Crippen LogP contribution in [0.15, 0.2) is 5.16 Å². The summed E-state index contributed by atoms with van der Waals surface area (Å²) in [7, 11) is 13.9. The van der Waals surface area contributed by atoms with Crippen molar-refractivity contribution >= 4 is 17.7 Å². The maximum absolute atomic E-state index is 14.3. The molecule has 36 atom stereocenters. The number of methoxy groups -OCH3 is 3. The summed E-state index contributed by atoms with van der Waals surface area (Å²) in [6.07, 6.45) is -17.7. The van der Waals surface area contributed by atoms with Crippen molar-refractivity contribution in [2.45, 2.75) is 364 Å². The van der Waals surface area contributed by atoms with Crippen molar-refractivity contribution in [1.29, 1.82) is 0 Å². The second kappa shape index (κ2) is 41.2. The van der Waals surface area contributed by atoms with Gasteiger partial charge in [-0.3, -0.25) is 9.59 Å². The molecule has 110 heavy (non-hydrogen) atoms. The SMILES string of the molecule is CC[C@H]1OC(=O)[C@H](C)[C@@H](O[C@H]2C[C@@](C)(OC)[C@@H](O)[C@H](C)O2)[C@H](C)[C@@H](O[C@@H]2O[C@H](C)C[C@H](N(C)C)[C@H]2O)[C@](C)(O)C[C@@H](C)/C(=N\OCOCCOC)[C@H](C)[C@@H](O)[C@]1(C)O.CC[C@H]1OC(=O)[C@H](C)[C@@H](O[C@H]2C[C@@](C)(OC)[C@@H](O)[C@H](C)O2)[C@H](C)[C@@H](O[C@@H]2O[C@H](C)C[C@H](N(C)C)[C@H]2O)[C@](C)(O)C[C@@H](C)CN(C)[C@H](C)[C@@H](O)[C@]1(C)O. The first kappa shape index (κ1) is 98.0. The van der Waals surface area contributed by atoms with Gasteiger partial charge in [-0.1, -0.05) is 53.6 Å². The number of carbonyl (C=O) groups is 2. The van der Waals surface area contributed by atoms with Crippen LogP contribution in [0.25, 0.3) is 0 Å². The van der Waals surface area contributed by atoms with Gasteiger partial charge in [0, 0.05) is 82.5 Å². The third-order valence-electron chi connectivity index (χ3n) is 24.8. The van der Waals surface area contributed by atoms with Crippen LogP contribution >= 0.6 is 0 Å². The van der Waals surface area contributed by atoms with E-state index in [2.05, 4.69) is 5.16 Å². The van der Waals surface area contributed by atoms with Gasteiger partial charge in [0.1, 0.15) is 53.9 Å². The van der Waals surface area contributed by atoms with Gasteiger partial charge in [0.05, 0.1) is 108 Å². The highest BCUT2D eigenvalue weighted by atomic mass is 16.8. The minimum Gasteiger partial charge on any atom is -0.459 e. The average molecular weight is 1590 g/mol. The Kier molecular flexibility index (Phi) is 36.7. The molecule has 6 fully saturated rings. The number of hydrogen-bond acceptors (Lipinski definition) is 31. The summed E-state index contributed by atoms with van der Waals surface area (Å²) in [5.74, 6) is -6.72. The van der Waals surface area contributed by atoms with Crippen LogP contribution in [0.3, 0.4) is 0 Å². The van der Waals surface area contributed by atoms with Gasteiger partial charge < -0.3 is 137 Å². The zero-order valence-electron chi connectivity index (χ0n) is 71.5. The Hall–Kier alpha value is -2.59. The van der Waals surface area contributed by atoms with Gasteiger partial charge in [0.2, 0.25) is 6.79 Å². The van der Waals surface area contributed by atoms with Crippen molar-refractivity contribution in [3.63, 3.8) is 0 Å². The molecule has 0 unspecified atom stereocenters. The lowest BCUT2D eigenvalue weighted by atomic mass is 9.73. The number of likely N-dealkylation sites (N-methyl/N-ethyl adjacent to an activating group) is 3. The maximum Gasteiger partial charge on any atom is 0.311 e. The van der Waals surface area contributed by atoms with Crippen LogP contribution in [-0.4, -0.2) is 341 Å². The molecule has 31 nitrogen and oxygen atoms in total. The fraction of sp³-hybridized carbons (Fsp3) is 0.962. The number of ether oxygens (including phenoxy) is 14. The van der Waals surface area contributed by atoms with Gasteiger partial charge >= 0.3 is 11.9 Å². The van der Waals surface area contributed by atoms with Gasteiger partial charge in [-0.25, -0.2) is 0 Å². The number of aliphatic hydroxyl groups excluding tert-OH is 6. The molecule has 31 heteroatoms. The summed E-state index contributed by atoms with van der Waals surface area (Å²) >= 11 is 0. The van der Waals surface area contributed by atoms with E-state index in [0.29, 0.717) is 31.7 Å². The smallest absolute Gasteiger partial charge is 0.311 e. The quantitative estimate of drug-likeness (QED) is 0.0355. The molecular formula is C79H148N4O27. The van der Waals surface area contributed by atoms with Gasteiger partial charge in [-0.05, 0) is 170 Å². The van der Waals surface area contributed by atoms with E-state index in [9.17, 15) is 60.7 Å². The van der Waals surface area contributed by atoms with Crippen LogP contribution in [0.5, 0.6) is 0 Å². The number of carbonyl (C=O) groups excluding carboxylic acids is 2. The molecule has 6 heterocycles. The molecule has 6 aliphatic heterocycles. The summed E-state index contributed by atoms with van der Waals surface area (Å²) in [4.78, 5) is 39.8. The highest BCUT2D eigenvalue weighted by Crippen LogP contribution is 2.44. The molecular weight excluding hydrogens is 1440 g/mol. The first-order chi connectivity index (χ1) is 50.9. The van der Waals surface area contributed by atoms with E-state index in [1.807, 2.05) is 84.6 Å². The molecule has 646 valence electrons. The van der Waals surface area contributed by atoms with Crippen molar-refractivity contribution in [3.05, 3.63) is 0 Å². The standard InChI is InChI=1S/C41H76N2O15.C38H72N2O12/c1-15-29-41(10,49)34(45)24(4)31(42-53-21-52-17-16-50-13)22(2)19-39(8,48)36(58-38-32(44)28(43(11)12)18-23(3)54-38)25(5)33(26(6)37(47)56-29)57-30-20-40(9,51-14)35(46)27(7)55-30;1-15-27-38(10,46)31(42)24(6)40(13)19-20(2)17-36(8,45)33(52-35-29(41)26(39(11)12)16-21(3)48-35)22(4)30(23(5)34(44)50-27)51-28-18-37(9,47-14)32(43)25(7)49-28/h22-30,32-36,38,44-46,48-49H,15-21H2,1-14H3;20-33,35,41-43,45-46H,15-19H2,1-14H3/b42-31+;/t22-,23-,24+,25+,26-,27+,28+,29-,30+,32-,33+,34-,35+,36-,38+,39-,40-,41-;20-,21-,22+,23-,24-,25+,26+,27-,28+,29-,30+,31-,32+,33-,35+,36-,37-,38-/m11/s1. The molecule has 0 bridgehead atoms. The van der Waals surface area contributed by atoms with E-state index in [1.165, 1.54) is 28.1 Å². The Bertz CT molecular complexity index is 2810. The number of aliphatic hydroxyl groups is 10. The first-order valence-corrected chi connectivity index (χ1v) is 39.9. The van der Waals surface area contributed by atoms with Crippen LogP contribution in [0.4, 0.5) is 0 Å². The van der Waals surface area contributed by atoms with Gasteiger partial charge in [-0.2, -0.15) is 0 Å².